The molecule has 144 valence electrons. The van der Waals surface area contributed by atoms with Crippen molar-refractivity contribution < 1.29 is 14.3 Å². The molecule has 1 atom stereocenters. The topological polar surface area (TPSA) is 93.2 Å². The van der Waals surface area contributed by atoms with Crippen molar-refractivity contribution in [2.24, 2.45) is 0 Å². The number of fused-ring (bicyclic) bond motifs is 1. The molecule has 0 aliphatic heterocycles. The minimum atomic E-state index is -0.462. The van der Waals surface area contributed by atoms with E-state index in [1.807, 2.05) is 49.4 Å². The molecular weight excluding hydrogens is 356 g/mol. The number of esters is 1. The second-order valence-corrected chi connectivity index (χ2v) is 6.27. The predicted octanol–water partition coefficient (Wildman–Crippen LogP) is 2.85. The van der Waals surface area contributed by atoms with E-state index in [9.17, 15) is 9.59 Å². The summed E-state index contributed by atoms with van der Waals surface area (Å²) in [6.07, 6.45) is 3.33. The fourth-order valence-electron chi connectivity index (χ4n) is 2.87. The van der Waals surface area contributed by atoms with Gasteiger partial charge in [0, 0.05) is 18.9 Å². The highest BCUT2D eigenvalue weighted by Gasteiger charge is 2.14. The molecule has 2 N–H and O–H groups in total. The molecule has 0 saturated heterocycles. The molecule has 2 aromatic carbocycles. The van der Waals surface area contributed by atoms with E-state index >= 15 is 0 Å². The van der Waals surface area contributed by atoms with Gasteiger partial charge in [-0.25, -0.2) is 9.97 Å². The van der Waals surface area contributed by atoms with Crippen molar-refractivity contribution >= 4 is 28.6 Å². The maximum Gasteiger partial charge on any atom is 0.308 e. The number of benzene rings is 2. The predicted molar refractivity (Wildman–Crippen MR) is 107 cm³/mol. The zero-order valence-electron chi connectivity index (χ0n) is 15.6. The second kappa shape index (κ2) is 9.45. The summed E-state index contributed by atoms with van der Waals surface area (Å²) in [5, 5.41) is 7.98. The van der Waals surface area contributed by atoms with Gasteiger partial charge in [0.25, 0.3) is 5.91 Å². The average molecular weight is 378 g/mol. The van der Waals surface area contributed by atoms with Gasteiger partial charge in [0.1, 0.15) is 0 Å². The van der Waals surface area contributed by atoms with Crippen LogP contribution in [-0.2, 0) is 14.3 Å². The summed E-state index contributed by atoms with van der Waals surface area (Å²) >= 11 is 0. The van der Waals surface area contributed by atoms with Gasteiger partial charge in [-0.05, 0) is 29.3 Å². The number of nitrogens with zero attached hydrogens (tertiary/aromatic N) is 2. The molecule has 3 rings (SSSR count). The van der Waals surface area contributed by atoms with Crippen molar-refractivity contribution in [1.29, 1.82) is 0 Å². The smallest absolute Gasteiger partial charge is 0.308 e. The number of nitrogens with one attached hydrogen (secondary N) is 2. The zero-order chi connectivity index (χ0) is 19.8. The molecule has 1 aromatic heterocycles. The van der Waals surface area contributed by atoms with E-state index in [-0.39, 0.29) is 25.0 Å². The monoisotopic (exact) mass is 378 g/mol. The van der Waals surface area contributed by atoms with Gasteiger partial charge in [0.05, 0.1) is 12.5 Å². The lowest BCUT2D eigenvalue weighted by Crippen LogP contribution is -2.31. The van der Waals surface area contributed by atoms with Gasteiger partial charge in [0.15, 0.2) is 6.61 Å². The van der Waals surface area contributed by atoms with Gasteiger partial charge in [-0.2, -0.15) is 0 Å². The number of hydrogen-bond acceptors (Lipinski definition) is 6. The minimum Gasteiger partial charge on any atom is -0.456 e. The molecule has 7 heteroatoms. The minimum absolute atomic E-state index is 0.115. The second-order valence-electron chi connectivity index (χ2n) is 6.27. The molecule has 0 bridgehead atoms. The van der Waals surface area contributed by atoms with Crippen LogP contribution in [0, 0.1) is 0 Å². The number of carbonyl (C=O) groups excluding carboxylic acids is 2. The number of rotatable bonds is 8. The Kier molecular flexibility index (Phi) is 6.51. The van der Waals surface area contributed by atoms with Crippen LogP contribution in [0.3, 0.4) is 0 Å². The van der Waals surface area contributed by atoms with Crippen LogP contribution in [0.2, 0.25) is 0 Å². The summed E-state index contributed by atoms with van der Waals surface area (Å²) in [7, 11) is 0. The Morgan fingerprint density at radius 3 is 2.61 bits per heavy atom. The first-order valence-corrected chi connectivity index (χ1v) is 9.07. The van der Waals surface area contributed by atoms with Crippen LogP contribution in [0.5, 0.6) is 0 Å². The van der Waals surface area contributed by atoms with Crippen molar-refractivity contribution in [2.75, 3.05) is 18.5 Å². The molecule has 3 aromatic rings. The molecule has 0 fully saturated rings. The Balaban J connectivity index is 1.44. The first-order valence-electron chi connectivity index (χ1n) is 9.07. The first kappa shape index (κ1) is 19.3. The Labute approximate surface area is 163 Å². The number of aromatic nitrogens is 2. The summed E-state index contributed by atoms with van der Waals surface area (Å²) in [6.45, 7) is 1.93. The van der Waals surface area contributed by atoms with Crippen LogP contribution >= 0.6 is 0 Å². The third-order valence-corrected chi connectivity index (χ3v) is 4.21. The lowest BCUT2D eigenvalue weighted by atomic mass is 10.00. The third kappa shape index (κ3) is 5.26. The fourth-order valence-corrected chi connectivity index (χ4v) is 2.87. The van der Waals surface area contributed by atoms with Crippen molar-refractivity contribution in [2.45, 2.75) is 19.4 Å². The van der Waals surface area contributed by atoms with Crippen LogP contribution in [0.25, 0.3) is 10.8 Å². The summed E-state index contributed by atoms with van der Waals surface area (Å²) in [6, 6.07) is 15.5. The maximum atomic E-state index is 12.1. The molecule has 7 nitrogen and oxygen atoms in total. The largest absolute Gasteiger partial charge is 0.456 e. The van der Waals surface area contributed by atoms with Crippen molar-refractivity contribution in [1.82, 2.24) is 15.3 Å². The SMILES string of the molecule is CC(NC(=O)COC(=O)CCNc1ncccn1)c1cccc2ccccc12. The first-order chi connectivity index (χ1) is 13.6. The van der Waals surface area contributed by atoms with Crippen molar-refractivity contribution in [3.63, 3.8) is 0 Å². The van der Waals surface area contributed by atoms with E-state index in [2.05, 4.69) is 20.6 Å². The number of amides is 1. The Bertz CT molecular complexity index is 941. The van der Waals surface area contributed by atoms with Gasteiger partial charge in [0.2, 0.25) is 5.95 Å². The molecule has 0 aliphatic carbocycles. The van der Waals surface area contributed by atoms with E-state index in [0.717, 1.165) is 16.3 Å². The Hall–Kier alpha value is -3.48. The summed E-state index contributed by atoms with van der Waals surface area (Å²) in [4.78, 5) is 31.9. The van der Waals surface area contributed by atoms with E-state index in [4.69, 9.17) is 4.74 Å². The molecule has 0 saturated carbocycles. The summed E-state index contributed by atoms with van der Waals surface area (Å²) < 4.78 is 5.03. The zero-order valence-corrected chi connectivity index (χ0v) is 15.6. The van der Waals surface area contributed by atoms with Crippen LogP contribution in [0.1, 0.15) is 24.9 Å². The van der Waals surface area contributed by atoms with Gasteiger partial charge in [-0.1, -0.05) is 42.5 Å². The van der Waals surface area contributed by atoms with Crippen LogP contribution < -0.4 is 10.6 Å². The molecule has 1 unspecified atom stereocenters. The van der Waals surface area contributed by atoms with E-state index in [1.165, 1.54) is 0 Å². The highest BCUT2D eigenvalue weighted by atomic mass is 16.5. The highest BCUT2D eigenvalue weighted by Crippen LogP contribution is 2.23. The molecule has 28 heavy (non-hydrogen) atoms. The molecule has 1 amide bonds. The molecule has 0 spiro atoms. The van der Waals surface area contributed by atoms with Crippen molar-refractivity contribution in [3.05, 3.63) is 66.5 Å². The Morgan fingerprint density at radius 2 is 1.79 bits per heavy atom. The number of hydrogen-bond donors (Lipinski definition) is 2. The van der Waals surface area contributed by atoms with Gasteiger partial charge < -0.3 is 15.4 Å². The highest BCUT2D eigenvalue weighted by molar-refractivity contribution is 5.87. The normalized spacial score (nSPS) is 11.6. The molecule has 1 heterocycles. The van der Waals surface area contributed by atoms with Crippen molar-refractivity contribution in [3.8, 4) is 0 Å². The lowest BCUT2D eigenvalue weighted by Gasteiger charge is -2.16. The van der Waals surface area contributed by atoms with Gasteiger partial charge >= 0.3 is 5.97 Å². The average Bonchev–Trinajstić information content (AvgIpc) is 2.72. The van der Waals surface area contributed by atoms with Gasteiger partial charge in [-0.3, -0.25) is 9.59 Å². The fraction of sp³-hybridized carbons (Fsp3) is 0.238. The van der Waals surface area contributed by atoms with E-state index in [0.29, 0.717) is 12.5 Å². The molecular formula is C21H22N4O3. The summed E-state index contributed by atoms with van der Waals surface area (Å²) in [5.74, 6) is -0.360. The molecule has 0 radical (unpaired) electrons. The number of carbonyl (C=O) groups is 2. The van der Waals surface area contributed by atoms with Crippen LogP contribution in [0.15, 0.2) is 60.9 Å². The summed E-state index contributed by atoms with van der Waals surface area (Å²) in [5.41, 5.74) is 1.02. The van der Waals surface area contributed by atoms with E-state index < -0.39 is 5.97 Å². The lowest BCUT2D eigenvalue weighted by molar-refractivity contribution is -0.148. The Morgan fingerprint density at radius 1 is 1.04 bits per heavy atom. The molecule has 0 aliphatic rings. The number of anilines is 1. The van der Waals surface area contributed by atoms with E-state index in [1.54, 1.807) is 18.5 Å². The number of ether oxygens (including phenoxy) is 1. The quantitative estimate of drug-likeness (QED) is 0.586. The third-order valence-electron chi connectivity index (χ3n) is 4.21. The van der Waals surface area contributed by atoms with Crippen LogP contribution in [0.4, 0.5) is 5.95 Å². The maximum absolute atomic E-state index is 12.1. The standard InChI is InChI=1S/C21H22N4O3/c1-15(17-9-4-7-16-6-2-3-8-18(16)17)25-19(26)14-28-20(27)10-13-24-21-22-11-5-12-23-21/h2-9,11-12,15H,10,13-14H2,1H3,(H,25,26)(H,22,23,24). The van der Waals surface area contributed by atoms with Gasteiger partial charge in [-0.15, -0.1) is 0 Å². The van der Waals surface area contributed by atoms with Crippen LogP contribution in [-0.4, -0.2) is 35.0 Å².